The van der Waals surface area contributed by atoms with E-state index in [1.54, 1.807) is 22.5 Å². The highest BCUT2D eigenvalue weighted by Crippen LogP contribution is 2.27. The molecule has 7 nitrogen and oxygen atoms in total. The van der Waals surface area contributed by atoms with E-state index >= 15 is 0 Å². The lowest BCUT2D eigenvalue weighted by atomic mass is 9.97. The molecule has 1 unspecified atom stereocenters. The Morgan fingerprint density at radius 1 is 1.10 bits per heavy atom. The molecule has 1 amide bonds. The van der Waals surface area contributed by atoms with Crippen LogP contribution in [-0.4, -0.2) is 56.3 Å². The molecule has 1 N–H and O–H groups in total. The first-order valence-corrected chi connectivity index (χ1v) is 12.9. The van der Waals surface area contributed by atoms with E-state index in [0.717, 1.165) is 61.8 Å². The molecule has 0 radical (unpaired) electrons. The van der Waals surface area contributed by atoms with Crippen LogP contribution in [0.15, 0.2) is 35.2 Å². The zero-order valence-corrected chi connectivity index (χ0v) is 19.0. The third-order valence-electron chi connectivity index (χ3n) is 6.26. The topological polar surface area (TPSA) is 82.6 Å². The molecule has 168 valence electrons. The summed E-state index contributed by atoms with van der Waals surface area (Å²) in [4.78, 5) is 19.7. The van der Waals surface area contributed by atoms with Gasteiger partial charge >= 0.3 is 0 Å². The number of pyridine rings is 1. The minimum absolute atomic E-state index is 0.0186. The molecule has 1 aromatic carbocycles. The second-order valence-corrected chi connectivity index (χ2v) is 10.5. The van der Waals surface area contributed by atoms with Gasteiger partial charge in [-0.1, -0.05) is 13.3 Å². The second kappa shape index (κ2) is 9.53. The molecular weight excluding hydrogens is 412 g/mol. The van der Waals surface area contributed by atoms with Crippen LogP contribution in [0.5, 0.6) is 0 Å². The van der Waals surface area contributed by atoms with E-state index in [2.05, 4.69) is 17.1 Å². The van der Waals surface area contributed by atoms with Gasteiger partial charge in [0.25, 0.3) is 0 Å². The Bertz CT molecular complexity index is 1030. The summed E-state index contributed by atoms with van der Waals surface area (Å²) in [6, 6.07) is 9.07. The number of carbonyl (C=O) groups is 1. The Hall–Kier alpha value is -2.19. The van der Waals surface area contributed by atoms with Gasteiger partial charge in [0, 0.05) is 38.1 Å². The summed E-state index contributed by atoms with van der Waals surface area (Å²) in [5, 5.41) is 3.82. The largest absolute Gasteiger partial charge is 0.356 e. The Balaban J connectivity index is 1.52. The number of anilines is 1. The average Bonchev–Trinajstić information content (AvgIpc) is 2.82. The SMILES string of the molecule is CCCNC(=O)C1CCCN(c2ccc3cc(S(=O)(=O)N4CCCCC4)ccc3n2)C1. The van der Waals surface area contributed by atoms with E-state index in [9.17, 15) is 13.2 Å². The summed E-state index contributed by atoms with van der Waals surface area (Å²) in [5.74, 6) is 0.946. The van der Waals surface area contributed by atoms with Crippen LogP contribution in [0.25, 0.3) is 10.9 Å². The van der Waals surface area contributed by atoms with Crippen LogP contribution in [0.2, 0.25) is 0 Å². The third kappa shape index (κ3) is 4.85. The number of nitrogens with zero attached hydrogens (tertiary/aromatic N) is 3. The van der Waals surface area contributed by atoms with Crippen LogP contribution in [0.1, 0.15) is 45.4 Å². The fraction of sp³-hybridized carbons (Fsp3) is 0.565. The predicted octanol–water partition coefficient (Wildman–Crippen LogP) is 3.15. The van der Waals surface area contributed by atoms with E-state index in [4.69, 9.17) is 4.98 Å². The number of hydrogen-bond acceptors (Lipinski definition) is 5. The number of hydrogen-bond donors (Lipinski definition) is 1. The number of benzene rings is 1. The van der Waals surface area contributed by atoms with Crippen LogP contribution in [0.4, 0.5) is 5.82 Å². The van der Waals surface area contributed by atoms with E-state index in [1.807, 2.05) is 12.1 Å². The molecule has 31 heavy (non-hydrogen) atoms. The quantitative estimate of drug-likeness (QED) is 0.740. The lowest BCUT2D eigenvalue weighted by molar-refractivity contribution is -0.125. The first-order chi connectivity index (χ1) is 15.0. The number of amides is 1. The predicted molar refractivity (Wildman–Crippen MR) is 123 cm³/mol. The summed E-state index contributed by atoms with van der Waals surface area (Å²) >= 11 is 0. The summed E-state index contributed by atoms with van der Waals surface area (Å²) < 4.78 is 27.6. The molecule has 8 heteroatoms. The molecule has 3 heterocycles. The van der Waals surface area contributed by atoms with Crippen molar-refractivity contribution in [2.24, 2.45) is 5.92 Å². The van der Waals surface area contributed by atoms with Crippen LogP contribution >= 0.6 is 0 Å². The lowest BCUT2D eigenvalue weighted by Crippen LogP contribution is -2.43. The van der Waals surface area contributed by atoms with Crippen molar-refractivity contribution in [2.75, 3.05) is 37.6 Å². The molecule has 1 aromatic heterocycles. The van der Waals surface area contributed by atoms with Gasteiger partial charge < -0.3 is 10.2 Å². The highest BCUT2D eigenvalue weighted by atomic mass is 32.2. The van der Waals surface area contributed by atoms with E-state index in [1.165, 1.54) is 0 Å². The van der Waals surface area contributed by atoms with Crippen molar-refractivity contribution < 1.29 is 13.2 Å². The Morgan fingerprint density at radius 3 is 2.68 bits per heavy atom. The maximum atomic E-state index is 13.0. The standard InChI is InChI=1S/C23H32N4O3S/c1-2-12-24-23(28)19-7-6-13-26(17-19)22-11-8-18-16-20(9-10-21(18)25-22)31(29,30)27-14-4-3-5-15-27/h8-11,16,19H,2-7,12-15,17H2,1H3,(H,24,28). The summed E-state index contributed by atoms with van der Waals surface area (Å²) in [5.41, 5.74) is 0.771. The minimum Gasteiger partial charge on any atom is -0.356 e. The molecule has 0 bridgehead atoms. The molecule has 2 saturated heterocycles. The molecule has 2 aliphatic rings. The number of aromatic nitrogens is 1. The number of fused-ring (bicyclic) bond motifs is 1. The maximum absolute atomic E-state index is 13.0. The summed E-state index contributed by atoms with van der Waals surface area (Å²) in [7, 11) is -3.46. The fourth-order valence-electron chi connectivity index (χ4n) is 4.48. The number of sulfonamides is 1. The van der Waals surface area contributed by atoms with Crippen molar-refractivity contribution in [3.05, 3.63) is 30.3 Å². The van der Waals surface area contributed by atoms with Gasteiger partial charge in [0.15, 0.2) is 0 Å². The smallest absolute Gasteiger partial charge is 0.243 e. The van der Waals surface area contributed by atoms with Crippen molar-refractivity contribution in [1.29, 1.82) is 0 Å². The molecule has 2 aliphatic heterocycles. The zero-order chi connectivity index (χ0) is 21.8. The molecule has 0 spiro atoms. The van der Waals surface area contributed by atoms with Gasteiger partial charge in [-0.2, -0.15) is 4.31 Å². The number of rotatable bonds is 6. The second-order valence-electron chi connectivity index (χ2n) is 8.56. The molecular formula is C23H32N4O3S. The van der Waals surface area contributed by atoms with Crippen LogP contribution in [0.3, 0.4) is 0 Å². The molecule has 2 fully saturated rings. The zero-order valence-electron chi connectivity index (χ0n) is 18.2. The van der Waals surface area contributed by atoms with Crippen LogP contribution in [0, 0.1) is 5.92 Å². The van der Waals surface area contributed by atoms with Crippen molar-refractivity contribution >= 4 is 32.7 Å². The van der Waals surface area contributed by atoms with Gasteiger partial charge in [-0.05, 0) is 62.4 Å². The van der Waals surface area contributed by atoms with Gasteiger partial charge in [0.05, 0.1) is 16.3 Å². The van der Waals surface area contributed by atoms with E-state index in [-0.39, 0.29) is 11.8 Å². The van der Waals surface area contributed by atoms with Crippen molar-refractivity contribution in [3.63, 3.8) is 0 Å². The van der Waals surface area contributed by atoms with Gasteiger partial charge in [0.1, 0.15) is 5.82 Å². The lowest BCUT2D eigenvalue weighted by Gasteiger charge is -2.33. The summed E-state index contributed by atoms with van der Waals surface area (Å²) in [6.07, 6.45) is 5.72. The normalized spacial score (nSPS) is 20.7. The fourth-order valence-corrected chi connectivity index (χ4v) is 6.03. The van der Waals surface area contributed by atoms with Crippen molar-refractivity contribution in [3.8, 4) is 0 Å². The van der Waals surface area contributed by atoms with Crippen molar-refractivity contribution in [2.45, 2.75) is 50.3 Å². The maximum Gasteiger partial charge on any atom is 0.243 e. The minimum atomic E-state index is -3.46. The highest BCUT2D eigenvalue weighted by molar-refractivity contribution is 7.89. The van der Waals surface area contributed by atoms with E-state index in [0.29, 0.717) is 31.1 Å². The number of nitrogens with one attached hydrogen (secondary N) is 1. The Labute approximate surface area is 184 Å². The van der Waals surface area contributed by atoms with Gasteiger partial charge in [-0.15, -0.1) is 0 Å². The number of carbonyl (C=O) groups excluding carboxylic acids is 1. The molecule has 2 aromatic rings. The Morgan fingerprint density at radius 2 is 1.90 bits per heavy atom. The van der Waals surface area contributed by atoms with Crippen molar-refractivity contribution in [1.82, 2.24) is 14.6 Å². The summed E-state index contributed by atoms with van der Waals surface area (Å²) in [6.45, 7) is 5.49. The number of piperidine rings is 2. The Kier molecular flexibility index (Phi) is 6.77. The molecule has 0 saturated carbocycles. The molecule has 0 aliphatic carbocycles. The van der Waals surface area contributed by atoms with Gasteiger partial charge in [-0.3, -0.25) is 4.79 Å². The monoisotopic (exact) mass is 444 g/mol. The van der Waals surface area contributed by atoms with Gasteiger partial charge in [0.2, 0.25) is 15.9 Å². The third-order valence-corrected chi connectivity index (χ3v) is 8.16. The van der Waals surface area contributed by atoms with Crippen LogP contribution in [-0.2, 0) is 14.8 Å². The highest BCUT2D eigenvalue weighted by Gasteiger charge is 2.28. The average molecular weight is 445 g/mol. The first kappa shape index (κ1) is 22.0. The molecule has 1 atom stereocenters. The van der Waals surface area contributed by atoms with Crippen LogP contribution < -0.4 is 10.2 Å². The van der Waals surface area contributed by atoms with E-state index < -0.39 is 10.0 Å². The molecule has 4 rings (SSSR count). The first-order valence-electron chi connectivity index (χ1n) is 11.4. The van der Waals surface area contributed by atoms with Gasteiger partial charge in [-0.25, -0.2) is 13.4 Å².